The highest BCUT2D eigenvalue weighted by Crippen LogP contribution is 2.57. The number of aliphatic hydroxyl groups is 1. The Balaban J connectivity index is 1.71. The van der Waals surface area contributed by atoms with Gasteiger partial charge in [0.15, 0.2) is 5.75 Å². The van der Waals surface area contributed by atoms with Crippen molar-refractivity contribution < 1.29 is 24.1 Å². The number of benzene rings is 1. The number of hydrogen-bond donors (Lipinski definition) is 1. The van der Waals surface area contributed by atoms with E-state index in [0.29, 0.717) is 29.1 Å². The van der Waals surface area contributed by atoms with Crippen LogP contribution in [0, 0.1) is 12.8 Å². The molecule has 1 unspecified atom stereocenters. The van der Waals surface area contributed by atoms with Gasteiger partial charge in [0.1, 0.15) is 28.2 Å². The van der Waals surface area contributed by atoms with Gasteiger partial charge in [0.05, 0.1) is 36.3 Å². The first-order valence-electron chi connectivity index (χ1n) is 10.1. The Morgan fingerprint density at radius 2 is 2.06 bits per heavy atom. The lowest BCUT2D eigenvalue weighted by atomic mass is 9.70. The van der Waals surface area contributed by atoms with Gasteiger partial charge in [-0.3, -0.25) is 9.48 Å². The number of carbonyl (C=O) groups excluding carboxylic acids is 1. The number of aryl methyl sites for hydroxylation is 2. The molecule has 0 saturated heterocycles. The van der Waals surface area contributed by atoms with Gasteiger partial charge in [0.25, 0.3) is 0 Å². The van der Waals surface area contributed by atoms with Crippen LogP contribution in [0.15, 0.2) is 11.4 Å². The summed E-state index contributed by atoms with van der Waals surface area (Å²) in [5.41, 5.74) is 1.30. The summed E-state index contributed by atoms with van der Waals surface area (Å²) in [5, 5.41) is 19.3. The molecule has 2 aliphatic rings. The van der Waals surface area contributed by atoms with E-state index in [-0.39, 0.29) is 33.8 Å². The number of thiazole rings is 1. The third kappa shape index (κ3) is 2.61. The predicted octanol–water partition coefficient (Wildman–Crippen LogP) is 3.76. The molecule has 1 aliphatic heterocycles. The molecule has 5 rings (SSSR count). The first-order chi connectivity index (χ1) is 15.2. The second-order valence-corrected chi connectivity index (χ2v) is 9.56. The molecule has 3 heterocycles. The van der Waals surface area contributed by atoms with Crippen LogP contribution in [0.3, 0.4) is 0 Å². The fourth-order valence-electron chi connectivity index (χ4n) is 4.86. The van der Waals surface area contributed by atoms with Crippen LogP contribution in [0.25, 0.3) is 11.4 Å². The highest BCUT2D eigenvalue weighted by atomic mass is 35.5. The molecule has 10 heteroatoms. The molecule has 8 nitrogen and oxygen atoms in total. The number of methoxy groups -OCH3 is 2. The molecule has 1 aromatic carbocycles. The Kier molecular flexibility index (Phi) is 4.77. The first-order valence-corrected chi connectivity index (χ1v) is 11.3. The fourth-order valence-corrected chi connectivity index (χ4v) is 5.72. The molecular weight excluding hydrogens is 454 g/mol. The average molecular weight is 476 g/mol. The summed E-state index contributed by atoms with van der Waals surface area (Å²) in [6.07, 6.45) is -0.834. The van der Waals surface area contributed by atoms with Crippen molar-refractivity contribution in [2.75, 3.05) is 14.2 Å². The van der Waals surface area contributed by atoms with Gasteiger partial charge in [-0.15, -0.1) is 11.3 Å². The lowest BCUT2D eigenvalue weighted by molar-refractivity contribution is -0.0634. The number of fused-ring (bicyclic) bond motifs is 2. The molecular formula is C22H22ClN3O5S. The van der Waals surface area contributed by atoms with Crippen molar-refractivity contribution in [3.8, 4) is 28.6 Å². The molecule has 0 saturated carbocycles. The Morgan fingerprint density at radius 1 is 1.34 bits per heavy atom. The standard InChI is InChI=1S/C22H22ClN3O5S/c1-9-6-11-15(18(26(3)25-11)12-8-32-10(2)24-12)20(27)22(9)21(28)16-13(29-4)7-14(30-5)17(23)19(16)31-22/h7-9,20,27H,6H2,1-5H3/t9-,20?,22+/m1/s1. The smallest absolute Gasteiger partial charge is 0.217 e. The molecule has 0 fully saturated rings. The van der Waals surface area contributed by atoms with E-state index in [0.717, 1.165) is 10.7 Å². The number of aliphatic hydroxyl groups excluding tert-OH is 1. The summed E-state index contributed by atoms with van der Waals surface area (Å²) >= 11 is 8.03. The van der Waals surface area contributed by atoms with Crippen molar-refractivity contribution in [2.45, 2.75) is 32.0 Å². The number of Topliss-reactive ketones (excluding diaryl/α,β-unsaturated/α-hetero) is 1. The monoisotopic (exact) mass is 475 g/mol. The number of hydrogen-bond acceptors (Lipinski definition) is 8. The summed E-state index contributed by atoms with van der Waals surface area (Å²) in [7, 11) is 4.74. The molecule has 1 spiro atoms. The van der Waals surface area contributed by atoms with Crippen LogP contribution < -0.4 is 14.2 Å². The van der Waals surface area contributed by atoms with Crippen LogP contribution in [0.2, 0.25) is 5.02 Å². The zero-order chi connectivity index (χ0) is 22.9. The molecule has 3 aromatic rings. The van der Waals surface area contributed by atoms with Crippen LogP contribution in [-0.4, -0.2) is 45.5 Å². The van der Waals surface area contributed by atoms with Gasteiger partial charge < -0.3 is 19.3 Å². The molecule has 168 valence electrons. The maximum atomic E-state index is 13.9. The highest BCUT2D eigenvalue weighted by Gasteiger charge is 2.62. The lowest BCUT2D eigenvalue weighted by Gasteiger charge is -2.40. The van der Waals surface area contributed by atoms with E-state index in [4.69, 9.17) is 25.8 Å². The molecule has 32 heavy (non-hydrogen) atoms. The number of aromatic nitrogens is 3. The van der Waals surface area contributed by atoms with E-state index in [1.165, 1.54) is 25.6 Å². The molecule has 0 radical (unpaired) electrons. The van der Waals surface area contributed by atoms with Crippen molar-refractivity contribution in [3.63, 3.8) is 0 Å². The summed E-state index contributed by atoms with van der Waals surface area (Å²) < 4.78 is 18.8. The van der Waals surface area contributed by atoms with Crippen molar-refractivity contribution in [3.05, 3.63) is 38.3 Å². The van der Waals surface area contributed by atoms with Crippen LogP contribution >= 0.6 is 22.9 Å². The molecule has 0 bridgehead atoms. The Bertz CT molecular complexity index is 1270. The quantitative estimate of drug-likeness (QED) is 0.616. The Hall–Kier alpha value is -2.62. The first kappa shape index (κ1) is 21.2. The number of ether oxygens (including phenoxy) is 3. The highest BCUT2D eigenvalue weighted by molar-refractivity contribution is 7.09. The van der Waals surface area contributed by atoms with Crippen LogP contribution in [0.5, 0.6) is 17.2 Å². The van der Waals surface area contributed by atoms with Crippen LogP contribution in [0.1, 0.15) is 39.7 Å². The number of ketones is 1. The zero-order valence-electron chi connectivity index (χ0n) is 18.2. The molecule has 3 atom stereocenters. The van der Waals surface area contributed by atoms with E-state index in [1.54, 1.807) is 10.7 Å². The molecule has 1 N–H and O–H groups in total. The maximum Gasteiger partial charge on any atom is 0.217 e. The topological polar surface area (TPSA) is 95.7 Å². The molecule has 2 aromatic heterocycles. The van der Waals surface area contributed by atoms with E-state index < -0.39 is 11.7 Å². The van der Waals surface area contributed by atoms with Gasteiger partial charge >= 0.3 is 0 Å². The second-order valence-electron chi connectivity index (χ2n) is 8.12. The van der Waals surface area contributed by atoms with Gasteiger partial charge in [-0.25, -0.2) is 4.98 Å². The van der Waals surface area contributed by atoms with Crippen LogP contribution in [0.4, 0.5) is 0 Å². The number of carbonyl (C=O) groups is 1. The fraction of sp³-hybridized carbons (Fsp3) is 0.409. The average Bonchev–Trinajstić information content (AvgIpc) is 3.42. The summed E-state index contributed by atoms with van der Waals surface area (Å²) in [5.74, 6) is 0.0261. The summed E-state index contributed by atoms with van der Waals surface area (Å²) in [6, 6.07) is 1.56. The normalized spacial score (nSPS) is 23.8. The number of nitrogens with zero attached hydrogens (tertiary/aromatic N) is 3. The Morgan fingerprint density at radius 3 is 2.69 bits per heavy atom. The van der Waals surface area contributed by atoms with Gasteiger partial charge in [0.2, 0.25) is 11.4 Å². The minimum absolute atomic E-state index is 0.164. The number of rotatable bonds is 3. The second kappa shape index (κ2) is 7.19. The predicted molar refractivity (Wildman–Crippen MR) is 119 cm³/mol. The van der Waals surface area contributed by atoms with Crippen molar-refractivity contribution in [2.24, 2.45) is 13.0 Å². The van der Waals surface area contributed by atoms with Crippen molar-refractivity contribution >= 4 is 28.7 Å². The summed E-state index contributed by atoms with van der Waals surface area (Å²) in [6.45, 7) is 3.79. The zero-order valence-corrected chi connectivity index (χ0v) is 19.8. The van der Waals surface area contributed by atoms with E-state index in [1.807, 2.05) is 26.3 Å². The third-order valence-electron chi connectivity index (χ3n) is 6.38. The van der Waals surface area contributed by atoms with Crippen LogP contribution in [-0.2, 0) is 13.5 Å². The van der Waals surface area contributed by atoms with Crippen molar-refractivity contribution in [1.82, 2.24) is 14.8 Å². The molecule has 1 aliphatic carbocycles. The van der Waals surface area contributed by atoms with E-state index in [2.05, 4.69) is 10.1 Å². The minimum atomic E-state index is -1.57. The number of halogens is 1. The molecule has 0 amide bonds. The van der Waals surface area contributed by atoms with Gasteiger partial charge in [0, 0.05) is 30.0 Å². The third-order valence-corrected chi connectivity index (χ3v) is 7.51. The van der Waals surface area contributed by atoms with Gasteiger partial charge in [-0.1, -0.05) is 18.5 Å². The van der Waals surface area contributed by atoms with E-state index >= 15 is 0 Å². The van der Waals surface area contributed by atoms with Gasteiger partial charge in [-0.2, -0.15) is 5.10 Å². The maximum absolute atomic E-state index is 13.9. The van der Waals surface area contributed by atoms with Crippen molar-refractivity contribution in [1.29, 1.82) is 0 Å². The summed E-state index contributed by atoms with van der Waals surface area (Å²) in [4.78, 5) is 18.5. The van der Waals surface area contributed by atoms with Gasteiger partial charge in [-0.05, 0) is 13.3 Å². The lowest BCUT2D eigenvalue weighted by Crippen LogP contribution is -2.54. The Labute approximate surface area is 193 Å². The largest absolute Gasteiger partial charge is 0.496 e. The van der Waals surface area contributed by atoms with E-state index in [9.17, 15) is 9.90 Å². The minimum Gasteiger partial charge on any atom is -0.496 e. The SMILES string of the molecule is COc1cc(OC)c2c(c1Cl)O[C@]1(C2=O)C(O)c2c(nn(C)c2-c2csc(C)n2)C[C@H]1C.